The van der Waals surface area contributed by atoms with E-state index in [0.29, 0.717) is 35.4 Å². The summed E-state index contributed by atoms with van der Waals surface area (Å²) in [4.78, 5) is 25.6. The number of nitrogens with one attached hydrogen (secondary N) is 1. The number of dihydropyridines is 1. The number of carbonyl (C=O) groups is 2. The Bertz CT molecular complexity index is 841. The third kappa shape index (κ3) is 4.33. The molecular weight excluding hydrogens is 361 g/mol. The number of carbonyl (C=O) groups excluding carboxylic acids is 2. The van der Waals surface area contributed by atoms with E-state index in [-0.39, 0.29) is 18.5 Å². The van der Waals surface area contributed by atoms with Crippen molar-refractivity contribution in [3.8, 4) is 0 Å². The van der Waals surface area contributed by atoms with Crippen molar-refractivity contribution in [3.05, 3.63) is 58.2 Å². The van der Waals surface area contributed by atoms with Gasteiger partial charge in [-0.25, -0.2) is 9.18 Å². The average Bonchev–Trinajstić information content (AvgIpc) is 2.64. The second-order valence-electron chi connectivity index (χ2n) is 7.38. The highest BCUT2D eigenvalue weighted by atomic mass is 19.1. The SMILES string of the molecule is CC1=C(C(=O)OCCOC(C)C)C(c2cccc(F)c2)C2=C(CCCC2=O)N1. The summed E-state index contributed by atoms with van der Waals surface area (Å²) in [6.45, 7) is 6.00. The van der Waals surface area contributed by atoms with Crippen molar-refractivity contribution < 1.29 is 23.5 Å². The van der Waals surface area contributed by atoms with Crippen LogP contribution < -0.4 is 5.32 Å². The number of hydrogen-bond acceptors (Lipinski definition) is 5. The molecule has 0 saturated heterocycles. The molecular formula is C22H26FNO4. The van der Waals surface area contributed by atoms with Gasteiger partial charge in [0, 0.05) is 29.3 Å². The lowest BCUT2D eigenvalue weighted by Gasteiger charge is -2.34. The fourth-order valence-electron chi connectivity index (χ4n) is 3.77. The van der Waals surface area contributed by atoms with Crippen molar-refractivity contribution in [1.29, 1.82) is 0 Å². The van der Waals surface area contributed by atoms with Gasteiger partial charge in [-0.15, -0.1) is 0 Å². The molecule has 1 aromatic rings. The van der Waals surface area contributed by atoms with Gasteiger partial charge in [0.15, 0.2) is 5.78 Å². The third-order valence-electron chi connectivity index (χ3n) is 4.95. The molecule has 1 aliphatic heterocycles. The first-order valence-electron chi connectivity index (χ1n) is 9.66. The van der Waals surface area contributed by atoms with Gasteiger partial charge in [-0.05, 0) is 51.3 Å². The van der Waals surface area contributed by atoms with Crippen molar-refractivity contribution in [2.75, 3.05) is 13.2 Å². The van der Waals surface area contributed by atoms with Crippen LogP contribution in [0.15, 0.2) is 46.8 Å². The molecule has 1 heterocycles. The molecule has 150 valence electrons. The highest BCUT2D eigenvalue weighted by molar-refractivity contribution is 6.03. The van der Waals surface area contributed by atoms with Gasteiger partial charge in [0.05, 0.1) is 18.3 Å². The Kier molecular flexibility index (Phi) is 6.29. The van der Waals surface area contributed by atoms with E-state index < -0.39 is 17.7 Å². The minimum Gasteiger partial charge on any atom is -0.460 e. The van der Waals surface area contributed by atoms with Crippen LogP contribution >= 0.6 is 0 Å². The van der Waals surface area contributed by atoms with E-state index in [9.17, 15) is 14.0 Å². The highest BCUT2D eigenvalue weighted by Gasteiger charge is 2.39. The molecule has 0 fully saturated rings. The normalized spacial score (nSPS) is 19.6. The smallest absolute Gasteiger partial charge is 0.336 e. The van der Waals surface area contributed by atoms with E-state index in [1.165, 1.54) is 12.1 Å². The van der Waals surface area contributed by atoms with Gasteiger partial charge in [0.25, 0.3) is 0 Å². The minimum absolute atomic E-state index is 0.0102. The summed E-state index contributed by atoms with van der Waals surface area (Å²) in [5.41, 5.74) is 2.94. The molecule has 0 saturated carbocycles. The Morgan fingerprint density at radius 2 is 2.07 bits per heavy atom. The molecule has 1 aromatic carbocycles. The number of halogens is 1. The van der Waals surface area contributed by atoms with Crippen LogP contribution in [0.5, 0.6) is 0 Å². The first kappa shape index (κ1) is 20.3. The van der Waals surface area contributed by atoms with E-state index >= 15 is 0 Å². The van der Waals surface area contributed by atoms with Gasteiger partial charge in [-0.3, -0.25) is 4.79 Å². The minimum atomic E-state index is -0.627. The number of hydrogen-bond donors (Lipinski definition) is 1. The molecule has 1 N–H and O–H groups in total. The molecule has 6 heteroatoms. The van der Waals surface area contributed by atoms with E-state index in [4.69, 9.17) is 9.47 Å². The maximum absolute atomic E-state index is 13.9. The van der Waals surface area contributed by atoms with Crippen LogP contribution in [0.25, 0.3) is 0 Å². The van der Waals surface area contributed by atoms with Crippen LogP contribution in [-0.4, -0.2) is 31.1 Å². The van der Waals surface area contributed by atoms with Crippen LogP contribution in [0, 0.1) is 5.82 Å². The van der Waals surface area contributed by atoms with Gasteiger partial charge in [0.2, 0.25) is 0 Å². The molecule has 3 rings (SSSR count). The Labute approximate surface area is 164 Å². The summed E-state index contributed by atoms with van der Waals surface area (Å²) in [6.07, 6.45) is 1.97. The number of Topliss-reactive ketones (excluding diaryl/α,β-unsaturated/α-hetero) is 1. The molecule has 0 amide bonds. The molecule has 28 heavy (non-hydrogen) atoms. The number of ketones is 1. The second-order valence-corrected chi connectivity index (χ2v) is 7.38. The van der Waals surface area contributed by atoms with Crippen LogP contribution in [-0.2, 0) is 19.1 Å². The molecule has 1 aliphatic carbocycles. The summed E-state index contributed by atoms with van der Waals surface area (Å²) >= 11 is 0. The summed E-state index contributed by atoms with van der Waals surface area (Å²) in [5.74, 6) is -1.56. The fourth-order valence-corrected chi connectivity index (χ4v) is 3.77. The maximum Gasteiger partial charge on any atom is 0.336 e. The predicted octanol–water partition coefficient (Wildman–Crippen LogP) is 3.76. The van der Waals surface area contributed by atoms with Crippen LogP contribution in [0.1, 0.15) is 51.5 Å². The van der Waals surface area contributed by atoms with Gasteiger partial charge in [-0.2, -0.15) is 0 Å². The highest BCUT2D eigenvalue weighted by Crippen LogP contribution is 2.42. The van der Waals surface area contributed by atoms with E-state index in [0.717, 1.165) is 18.5 Å². The zero-order valence-corrected chi connectivity index (χ0v) is 16.5. The molecule has 1 atom stereocenters. The number of allylic oxidation sites excluding steroid dienone is 3. The van der Waals surface area contributed by atoms with Crippen molar-refractivity contribution in [2.24, 2.45) is 0 Å². The summed E-state index contributed by atoms with van der Waals surface area (Å²) in [7, 11) is 0. The third-order valence-corrected chi connectivity index (χ3v) is 4.95. The standard InChI is InChI=1S/C22H26FNO4/c1-13(2)27-10-11-28-22(26)19-14(3)24-17-8-5-9-18(25)21(17)20(19)15-6-4-7-16(23)12-15/h4,6-7,12-13,20,24H,5,8-11H2,1-3H3. The Balaban J connectivity index is 1.94. The van der Waals surface area contributed by atoms with Gasteiger partial charge in [-0.1, -0.05) is 12.1 Å². The lowest BCUT2D eigenvalue weighted by atomic mass is 9.75. The van der Waals surface area contributed by atoms with Crippen molar-refractivity contribution in [3.63, 3.8) is 0 Å². The second kappa shape index (κ2) is 8.69. The number of ether oxygens (including phenoxy) is 2. The van der Waals surface area contributed by atoms with Crippen molar-refractivity contribution in [1.82, 2.24) is 5.32 Å². The van der Waals surface area contributed by atoms with E-state index in [1.807, 2.05) is 13.8 Å². The predicted molar refractivity (Wildman–Crippen MR) is 103 cm³/mol. The number of benzene rings is 1. The maximum atomic E-state index is 13.9. The van der Waals surface area contributed by atoms with Crippen molar-refractivity contribution in [2.45, 2.75) is 52.1 Å². The fraction of sp³-hybridized carbons (Fsp3) is 0.455. The van der Waals surface area contributed by atoms with Crippen LogP contribution in [0.2, 0.25) is 0 Å². The molecule has 1 unspecified atom stereocenters. The quantitative estimate of drug-likeness (QED) is 0.595. The molecule has 0 radical (unpaired) electrons. The summed E-state index contributed by atoms with van der Waals surface area (Å²) < 4.78 is 24.8. The lowest BCUT2D eigenvalue weighted by molar-refractivity contribution is -0.141. The molecule has 5 nitrogen and oxygen atoms in total. The van der Waals surface area contributed by atoms with Crippen LogP contribution in [0.4, 0.5) is 4.39 Å². The zero-order valence-electron chi connectivity index (χ0n) is 16.5. The summed E-state index contributed by atoms with van der Waals surface area (Å²) in [5, 5.41) is 3.22. The molecule has 0 aromatic heterocycles. The monoisotopic (exact) mass is 387 g/mol. The van der Waals surface area contributed by atoms with E-state index in [2.05, 4.69) is 5.32 Å². The number of rotatable bonds is 6. The molecule has 0 bridgehead atoms. The van der Waals surface area contributed by atoms with Gasteiger partial charge >= 0.3 is 5.97 Å². The Morgan fingerprint density at radius 3 is 2.79 bits per heavy atom. The van der Waals surface area contributed by atoms with E-state index in [1.54, 1.807) is 19.1 Å². The first-order chi connectivity index (χ1) is 13.4. The van der Waals surface area contributed by atoms with Crippen LogP contribution in [0.3, 0.4) is 0 Å². The largest absolute Gasteiger partial charge is 0.460 e. The topological polar surface area (TPSA) is 64.6 Å². The number of esters is 1. The summed E-state index contributed by atoms with van der Waals surface area (Å²) in [6, 6.07) is 6.06. The zero-order chi connectivity index (χ0) is 20.3. The lowest BCUT2D eigenvalue weighted by Crippen LogP contribution is -2.34. The van der Waals surface area contributed by atoms with Crippen molar-refractivity contribution >= 4 is 11.8 Å². The van der Waals surface area contributed by atoms with Gasteiger partial charge < -0.3 is 14.8 Å². The Morgan fingerprint density at radius 1 is 1.29 bits per heavy atom. The Hall–Kier alpha value is -2.47. The average molecular weight is 387 g/mol. The van der Waals surface area contributed by atoms with Gasteiger partial charge in [0.1, 0.15) is 12.4 Å². The first-order valence-corrected chi connectivity index (χ1v) is 9.66. The molecule has 0 spiro atoms. The molecule has 2 aliphatic rings.